The summed E-state index contributed by atoms with van der Waals surface area (Å²) in [6.07, 6.45) is 1.21. The van der Waals surface area contributed by atoms with Crippen molar-refractivity contribution in [3.8, 4) is 5.69 Å². The van der Waals surface area contributed by atoms with E-state index >= 15 is 0 Å². The fraction of sp³-hybridized carbons (Fsp3) is 0.105. The van der Waals surface area contributed by atoms with Crippen LogP contribution in [0, 0.1) is 42.9 Å². The second kappa shape index (κ2) is 7.22. The molecule has 140 valence electrons. The van der Waals surface area contributed by atoms with Gasteiger partial charge in [-0.25, -0.2) is 22.0 Å². The van der Waals surface area contributed by atoms with Crippen molar-refractivity contribution in [1.29, 1.82) is 0 Å². The quantitative estimate of drug-likeness (QED) is 0.217. The summed E-state index contributed by atoms with van der Waals surface area (Å²) in [6, 6.07) is 11.0. The van der Waals surface area contributed by atoms with Gasteiger partial charge >= 0.3 is 0 Å². The number of anilines is 1. The molecule has 0 bridgehead atoms. The Morgan fingerprint density at radius 1 is 0.741 bits per heavy atom. The summed E-state index contributed by atoms with van der Waals surface area (Å²) in [4.78, 5) is 0. The van der Waals surface area contributed by atoms with Gasteiger partial charge in [0.05, 0.1) is 6.21 Å². The second-order valence-electron chi connectivity index (χ2n) is 5.86. The van der Waals surface area contributed by atoms with Crippen LogP contribution in [0.3, 0.4) is 0 Å². The second-order valence-corrected chi connectivity index (χ2v) is 5.86. The number of nitrogens with one attached hydrogen (secondary N) is 1. The lowest BCUT2D eigenvalue weighted by Gasteiger charge is -2.09. The van der Waals surface area contributed by atoms with Gasteiger partial charge in [-0.2, -0.15) is 5.10 Å². The number of hydrazone groups is 1. The van der Waals surface area contributed by atoms with Gasteiger partial charge in [-0.1, -0.05) is 12.1 Å². The van der Waals surface area contributed by atoms with Crippen LogP contribution in [0.1, 0.15) is 17.0 Å². The van der Waals surface area contributed by atoms with Crippen molar-refractivity contribution in [2.75, 3.05) is 5.43 Å². The molecule has 0 aliphatic carbocycles. The molecular formula is C19H14F5N3. The summed E-state index contributed by atoms with van der Waals surface area (Å²) in [5.74, 6) is -10.2. The molecule has 0 atom stereocenters. The van der Waals surface area contributed by atoms with Crippen molar-refractivity contribution in [3.05, 3.63) is 82.4 Å². The molecule has 27 heavy (non-hydrogen) atoms. The number of halogens is 5. The number of hydrogen-bond donors (Lipinski definition) is 1. The van der Waals surface area contributed by atoms with E-state index in [1.54, 1.807) is 12.1 Å². The Balaban J connectivity index is 1.80. The SMILES string of the molecule is Cc1ccc(C)n1-c1ccc(/C=N/Nc2c(F)c(F)c(F)c(F)c2F)cc1. The number of aryl methyl sites for hydroxylation is 2. The zero-order valence-electron chi connectivity index (χ0n) is 14.3. The minimum atomic E-state index is -2.22. The van der Waals surface area contributed by atoms with E-state index in [-0.39, 0.29) is 0 Å². The first kappa shape index (κ1) is 18.6. The van der Waals surface area contributed by atoms with Crippen molar-refractivity contribution in [3.63, 3.8) is 0 Å². The highest BCUT2D eigenvalue weighted by Gasteiger charge is 2.25. The zero-order chi connectivity index (χ0) is 19.7. The van der Waals surface area contributed by atoms with Gasteiger partial charge in [0.15, 0.2) is 23.3 Å². The maximum absolute atomic E-state index is 13.6. The van der Waals surface area contributed by atoms with E-state index in [0.29, 0.717) is 5.56 Å². The molecule has 8 heteroatoms. The van der Waals surface area contributed by atoms with E-state index in [1.165, 1.54) is 6.21 Å². The van der Waals surface area contributed by atoms with Gasteiger partial charge in [-0.15, -0.1) is 0 Å². The molecule has 1 heterocycles. The van der Waals surface area contributed by atoms with Crippen LogP contribution in [-0.2, 0) is 0 Å². The van der Waals surface area contributed by atoms with Crippen LogP contribution >= 0.6 is 0 Å². The van der Waals surface area contributed by atoms with E-state index in [2.05, 4.69) is 5.10 Å². The van der Waals surface area contributed by atoms with Crippen LogP contribution in [0.2, 0.25) is 0 Å². The van der Waals surface area contributed by atoms with Gasteiger partial charge in [-0.05, 0) is 43.7 Å². The van der Waals surface area contributed by atoms with Gasteiger partial charge in [0.25, 0.3) is 0 Å². The number of nitrogens with zero attached hydrogens (tertiary/aromatic N) is 2. The largest absolute Gasteiger partial charge is 0.319 e. The summed E-state index contributed by atoms with van der Waals surface area (Å²) in [6.45, 7) is 3.94. The van der Waals surface area contributed by atoms with Crippen LogP contribution in [0.5, 0.6) is 0 Å². The molecule has 1 aromatic heterocycles. The lowest BCUT2D eigenvalue weighted by atomic mass is 10.2. The smallest absolute Gasteiger partial charge is 0.200 e. The molecule has 0 saturated heterocycles. The molecule has 0 aliphatic heterocycles. The zero-order valence-corrected chi connectivity index (χ0v) is 14.3. The lowest BCUT2D eigenvalue weighted by molar-refractivity contribution is 0.381. The Labute approximate surface area is 151 Å². The van der Waals surface area contributed by atoms with Gasteiger partial charge < -0.3 is 4.57 Å². The van der Waals surface area contributed by atoms with Gasteiger partial charge in [0.2, 0.25) is 5.82 Å². The molecule has 0 aliphatic rings. The first-order valence-corrected chi connectivity index (χ1v) is 7.87. The Morgan fingerprint density at radius 2 is 1.22 bits per heavy atom. The first-order chi connectivity index (χ1) is 12.8. The Bertz CT molecular complexity index is 974. The normalized spacial score (nSPS) is 11.4. The van der Waals surface area contributed by atoms with E-state index in [1.807, 2.05) is 48.1 Å². The monoisotopic (exact) mass is 379 g/mol. The first-order valence-electron chi connectivity index (χ1n) is 7.87. The van der Waals surface area contributed by atoms with Crippen LogP contribution in [0.25, 0.3) is 5.69 Å². The van der Waals surface area contributed by atoms with Crippen LogP contribution in [0.4, 0.5) is 27.6 Å². The molecule has 0 fully saturated rings. The predicted octanol–water partition coefficient (Wildman–Crippen LogP) is 5.24. The fourth-order valence-electron chi connectivity index (χ4n) is 2.66. The third kappa shape index (κ3) is 3.42. The van der Waals surface area contributed by atoms with Crippen LogP contribution < -0.4 is 5.43 Å². The highest BCUT2D eigenvalue weighted by Crippen LogP contribution is 2.27. The standard InChI is InChI=1S/C19H14F5N3/c1-10-3-4-11(2)27(10)13-7-5-12(6-8-13)9-25-26-19-17(23)15(21)14(20)16(22)18(19)24/h3-9,26H,1-2H3/b25-9+. The predicted molar refractivity (Wildman–Crippen MR) is 92.7 cm³/mol. The average molecular weight is 379 g/mol. The number of hydrogen-bond acceptors (Lipinski definition) is 2. The van der Waals surface area contributed by atoms with Crippen molar-refractivity contribution in [1.82, 2.24) is 4.57 Å². The molecule has 0 saturated carbocycles. The number of benzene rings is 2. The molecule has 0 radical (unpaired) electrons. The van der Waals surface area contributed by atoms with E-state index in [4.69, 9.17) is 0 Å². The Morgan fingerprint density at radius 3 is 1.74 bits per heavy atom. The van der Waals surface area contributed by atoms with Crippen LogP contribution in [0.15, 0.2) is 41.5 Å². The molecule has 0 unspecified atom stereocenters. The summed E-state index contributed by atoms with van der Waals surface area (Å²) in [5.41, 5.74) is 4.25. The van der Waals surface area contributed by atoms with E-state index in [9.17, 15) is 22.0 Å². The third-order valence-electron chi connectivity index (χ3n) is 4.02. The Kier molecular flexibility index (Phi) is 4.98. The highest BCUT2D eigenvalue weighted by molar-refractivity contribution is 5.80. The summed E-state index contributed by atoms with van der Waals surface area (Å²) in [7, 11) is 0. The molecule has 3 rings (SSSR count). The maximum Gasteiger partial charge on any atom is 0.200 e. The highest BCUT2D eigenvalue weighted by atomic mass is 19.2. The van der Waals surface area contributed by atoms with E-state index < -0.39 is 34.8 Å². The summed E-state index contributed by atoms with van der Waals surface area (Å²) in [5, 5.41) is 3.56. The maximum atomic E-state index is 13.6. The fourth-order valence-corrected chi connectivity index (χ4v) is 2.66. The molecule has 3 aromatic rings. The van der Waals surface area contributed by atoms with Crippen molar-refractivity contribution >= 4 is 11.9 Å². The number of aromatic nitrogens is 1. The van der Waals surface area contributed by atoms with Crippen molar-refractivity contribution in [2.24, 2.45) is 5.10 Å². The summed E-state index contributed by atoms with van der Waals surface area (Å²) >= 11 is 0. The van der Waals surface area contributed by atoms with Gasteiger partial charge in [0, 0.05) is 17.1 Å². The van der Waals surface area contributed by atoms with Gasteiger partial charge in [0.1, 0.15) is 5.69 Å². The minimum absolute atomic E-state index is 0.567. The molecule has 0 amide bonds. The van der Waals surface area contributed by atoms with E-state index in [0.717, 1.165) is 17.1 Å². The molecule has 0 spiro atoms. The Hall–Kier alpha value is -3.16. The number of rotatable bonds is 4. The molecular weight excluding hydrogens is 365 g/mol. The van der Waals surface area contributed by atoms with Gasteiger partial charge in [-0.3, -0.25) is 5.43 Å². The van der Waals surface area contributed by atoms with Crippen LogP contribution in [-0.4, -0.2) is 10.8 Å². The average Bonchev–Trinajstić information content (AvgIpc) is 3.00. The van der Waals surface area contributed by atoms with Crippen molar-refractivity contribution in [2.45, 2.75) is 13.8 Å². The van der Waals surface area contributed by atoms with Crippen molar-refractivity contribution < 1.29 is 22.0 Å². The molecule has 1 N–H and O–H groups in total. The minimum Gasteiger partial charge on any atom is -0.319 e. The lowest BCUT2D eigenvalue weighted by Crippen LogP contribution is -2.06. The molecule has 2 aromatic carbocycles. The topological polar surface area (TPSA) is 29.3 Å². The summed E-state index contributed by atoms with van der Waals surface area (Å²) < 4.78 is 68.4. The molecule has 3 nitrogen and oxygen atoms in total. The third-order valence-corrected chi connectivity index (χ3v) is 4.02.